The Morgan fingerprint density at radius 2 is 2.22 bits per heavy atom. The summed E-state index contributed by atoms with van der Waals surface area (Å²) >= 11 is 6.66. The molecule has 1 aromatic carbocycles. The number of hydrogen-bond donors (Lipinski definition) is 2. The molecule has 2 heterocycles. The van der Waals surface area contributed by atoms with Gasteiger partial charge in [-0.15, -0.1) is 11.3 Å². The third-order valence-corrected chi connectivity index (χ3v) is 4.90. The molecule has 0 aliphatic rings. The lowest BCUT2D eigenvalue weighted by Gasteiger charge is -2.04. The maximum absolute atomic E-state index is 13.9. The normalized spacial score (nSPS) is 11.1. The van der Waals surface area contributed by atoms with Crippen LogP contribution in [-0.4, -0.2) is 21.0 Å². The molecule has 0 fully saturated rings. The third-order valence-electron chi connectivity index (χ3n) is 3.43. The highest BCUT2D eigenvalue weighted by Gasteiger charge is 2.19. The number of H-pyrrole nitrogens is 1. The van der Waals surface area contributed by atoms with E-state index in [1.807, 2.05) is 0 Å². The van der Waals surface area contributed by atoms with Gasteiger partial charge in [-0.1, -0.05) is 23.7 Å². The van der Waals surface area contributed by atoms with Crippen LogP contribution in [-0.2, 0) is 6.42 Å². The van der Waals surface area contributed by atoms with Gasteiger partial charge in [-0.3, -0.25) is 4.79 Å². The van der Waals surface area contributed by atoms with Crippen molar-refractivity contribution in [1.82, 2.24) is 9.97 Å². The van der Waals surface area contributed by atoms with Gasteiger partial charge in [0, 0.05) is 6.42 Å². The summed E-state index contributed by atoms with van der Waals surface area (Å²) in [5.74, 6) is -1.42. The number of carbonyl (C=O) groups is 1. The van der Waals surface area contributed by atoms with E-state index in [-0.39, 0.29) is 27.5 Å². The van der Waals surface area contributed by atoms with Gasteiger partial charge in [0.1, 0.15) is 21.3 Å². The predicted octanol–water partition coefficient (Wildman–Crippen LogP) is 3.37. The van der Waals surface area contributed by atoms with Crippen LogP contribution in [0, 0.1) is 12.7 Å². The summed E-state index contributed by atoms with van der Waals surface area (Å²) < 4.78 is 13.9. The van der Waals surface area contributed by atoms with Gasteiger partial charge in [-0.25, -0.2) is 14.2 Å². The van der Waals surface area contributed by atoms with Crippen molar-refractivity contribution in [2.75, 3.05) is 0 Å². The van der Waals surface area contributed by atoms with Crippen molar-refractivity contribution >= 4 is 39.1 Å². The van der Waals surface area contributed by atoms with Gasteiger partial charge in [0.25, 0.3) is 5.56 Å². The molecule has 0 aliphatic carbocycles. The van der Waals surface area contributed by atoms with Crippen LogP contribution in [0.3, 0.4) is 0 Å². The van der Waals surface area contributed by atoms with E-state index in [1.54, 1.807) is 19.1 Å². The van der Waals surface area contributed by atoms with Crippen LogP contribution in [0.4, 0.5) is 4.39 Å². The number of halogens is 2. The lowest BCUT2D eigenvalue weighted by Crippen LogP contribution is -2.12. The third kappa shape index (κ3) is 2.73. The molecular weight excluding hydrogens is 343 g/mol. The van der Waals surface area contributed by atoms with Crippen molar-refractivity contribution in [3.8, 4) is 0 Å². The minimum absolute atomic E-state index is 0.00828. The fourth-order valence-electron chi connectivity index (χ4n) is 2.34. The van der Waals surface area contributed by atoms with E-state index in [4.69, 9.17) is 16.7 Å². The van der Waals surface area contributed by atoms with E-state index < -0.39 is 17.3 Å². The highest BCUT2D eigenvalue weighted by molar-refractivity contribution is 7.20. The zero-order valence-corrected chi connectivity index (χ0v) is 13.4. The van der Waals surface area contributed by atoms with Crippen molar-refractivity contribution < 1.29 is 14.3 Å². The van der Waals surface area contributed by atoms with Gasteiger partial charge in [0.2, 0.25) is 0 Å². The summed E-state index contributed by atoms with van der Waals surface area (Å²) in [6, 6.07) is 4.59. The monoisotopic (exact) mass is 352 g/mol. The zero-order chi connectivity index (χ0) is 16.7. The Balaban J connectivity index is 2.11. The van der Waals surface area contributed by atoms with Crippen molar-refractivity contribution in [1.29, 1.82) is 0 Å². The van der Waals surface area contributed by atoms with Crippen LogP contribution in [0.15, 0.2) is 23.0 Å². The first-order valence-corrected chi connectivity index (χ1v) is 7.76. The Bertz CT molecular complexity index is 996. The Kier molecular flexibility index (Phi) is 3.91. The minimum atomic E-state index is -1.10. The van der Waals surface area contributed by atoms with Gasteiger partial charge < -0.3 is 10.1 Å². The second kappa shape index (κ2) is 5.75. The van der Waals surface area contributed by atoms with E-state index in [0.29, 0.717) is 16.0 Å². The average molecular weight is 353 g/mol. The Hall–Kier alpha value is -2.25. The highest BCUT2D eigenvalue weighted by Crippen LogP contribution is 2.27. The molecule has 0 unspecified atom stereocenters. The number of rotatable bonds is 3. The summed E-state index contributed by atoms with van der Waals surface area (Å²) in [6.45, 7) is 1.56. The number of nitrogens with one attached hydrogen (secondary N) is 1. The van der Waals surface area contributed by atoms with Gasteiger partial charge >= 0.3 is 5.97 Å². The Morgan fingerprint density at radius 3 is 2.91 bits per heavy atom. The molecule has 23 heavy (non-hydrogen) atoms. The summed E-state index contributed by atoms with van der Waals surface area (Å²) in [4.78, 5) is 30.6. The molecule has 0 amide bonds. The molecule has 0 saturated heterocycles. The molecular formula is C15H10ClFN2O3S. The number of carboxylic acids is 1. The predicted molar refractivity (Wildman–Crippen MR) is 86.2 cm³/mol. The maximum atomic E-state index is 13.9. The van der Waals surface area contributed by atoms with Crippen molar-refractivity contribution in [2.24, 2.45) is 0 Å². The van der Waals surface area contributed by atoms with Crippen molar-refractivity contribution in [3.05, 3.63) is 61.2 Å². The van der Waals surface area contributed by atoms with Crippen molar-refractivity contribution in [2.45, 2.75) is 13.3 Å². The standard InChI is InChI=1S/C15H10ClFN2O3S/c1-6-10-13(20)18-9(19-14(10)23-12(6)15(21)22)5-7-3-2-4-8(16)11(7)17/h2-4H,5H2,1H3,(H,21,22)(H,18,19,20). The smallest absolute Gasteiger partial charge is 0.346 e. The Labute approximate surface area is 138 Å². The fraction of sp³-hybridized carbons (Fsp3) is 0.133. The number of nitrogens with zero attached hydrogens (tertiary/aromatic N) is 1. The number of aromatic amines is 1. The first-order valence-electron chi connectivity index (χ1n) is 6.57. The number of fused-ring (bicyclic) bond motifs is 1. The lowest BCUT2D eigenvalue weighted by molar-refractivity contribution is 0.0701. The number of aryl methyl sites for hydroxylation is 1. The molecule has 0 bridgehead atoms. The fourth-order valence-corrected chi connectivity index (χ4v) is 3.58. The van der Waals surface area contributed by atoms with Crippen LogP contribution in [0.2, 0.25) is 5.02 Å². The lowest BCUT2D eigenvalue weighted by atomic mass is 10.1. The van der Waals surface area contributed by atoms with E-state index in [9.17, 15) is 14.0 Å². The molecule has 3 aromatic rings. The van der Waals surface area contributed by atoms with Gasteiger partial charge in [0.05, 0.1) is 10.4 Å². The molecule has 2 N–H and O–H groups in total. The molecule has 3 rings (SSSR count). The first-order chi connectivity index (χ1) is 10.9. The molecule has 0 radical (unpaired) electrons. The average Bonchev–Trinajstić information content (AvgIpc) is 2.81. The van der Waals surface area contributed by atoms with E-state index in [1.165, 1.54) is 6.07 Å². The van der Waals surface area contributed by atoms with Crippen LogP contribution < -0.4 is 5.56 Å². The summed E-state index contributed by atoms with van der Waals surface area (Å²) in [5.41, 5.74) is 0.243. The van der Waals surface area contributed by atoms with Crippen LogP contribution in [0.25, 0.3) is 10.2 Å². The van der Waals surface area contributed by atoms with E-state index in [0.717, 1.165) is 11.3 Å². The summed E-state index contributed by atoms with van der Waals surface area (Å²) in [6.07, 6.45) is 0.0525. The van der Waals surface area contributed by atoms with Gasteiger partial charge in [-0.2, -0.15) is 0 Å². The minimum Gasteiger partial charge on any atom is -0.477 e. The molecule has 8 heteroatoms. The van der Waals surface area contributed by atoms with Gasteiger partial charge in [0.15, 0.2) is 0 Å². The molecule has 118 valence electrons. The second-order valence-corrected chi connectivity index (χ2v) is 6.35. The number of hydrogen-bond acceptors (Lipinski definition) is 4. The van der Waals surface area contributed by atoms with Crippen molar-refractivity contribution in [3.63, 3.8) is 0 Å². The number of benzene rings is 1. The number of aromatic nitrogens is 2. The first kappa shape index (κ1) is 15.6. The molecule has 0 atom stereocenters. The number of carboxylic acid groups (broad SMARTS) is 1. The van der Waals surface area contributed by atoms with Crippen LogP contribution in [0.1, 0.15) is 26.6 Å². The molecule has 0 saturated carbocycles. The molecule has 5 nitrogen and oxygen atoms in total. The van der Waals surface area contributed by atoms with Crippen LogP contribution in [0.5, 0.6) is 0 Å². The number of thiophene rings is 1. The van der Waals surface area contributed by atoms with E-state index >= 15 is 0 Å². The van der Waals surface area contributed by atoms with E-state index in [2.05, 4.69) is 9.97 Å². The second-order valence-electron chi connectivity index (χ2n) is 4.94. The highest BCUT2D eigenvalue weighted by atomic mass is 35.5. The maximum Gasteiger partial charge on any atom is 0.346 e. The largest absolute Gasteiger partial charge is 0.477 e. The quantitative estimate of drug-likeness (QED) is 0.757. The van der Waals surface area contributed by atoms with Gasteiger partial charge in [-0.05, 0) is 24.1 Å². The zero-order valence-electron chi connectivity index (χ0n) is 11.8. The summed E-state index contributed by atoms with van der Waals surface area (Å²) in [5, 5.41) is 9.38. The molecule has 0 spiro atoms. The number of aromatic carboxylic acids is 1. The summed E-state index contributed by atoms with van der Waals surface area (Å²) in [7, 11) is 0. The Morgan fingerprint density at radius 1 is 1.48 bits per heavy atom. The molecule has 0 aliphatic heterocycles. The van der Waals surface area contributed by atoms with Crippen LogP contribution >= 0.6 is 22.9 Å². The topological polar surface area (TPSA) is 83.0 Å². The SMILES string of the molecule is Cc1c(C(=O)O)sc2nc(Cc3cccc(Cl)c3F)[nH]c(=O)c12. The molecule has 2 aromatic heterocycles.